The molecule has 1 aliphatic rings. The fourth-order valence-electron chi connectivity index (χ4n) is 3.09. The van der Waals surface area contributed by atoms with Crippen LogP contribution in [0.2, 0.25) is 0 Å². The average molecular weight is 368 g/mol. The third-order valence-electron chi connectivity index (χ3n) is 4.45. The van der Waals surface area contributed by atoms with Crippen LogP contribution in [0.15, 0.2) is 54.6 Å². The van der Waals surface area contributed by atoms with Crippen LogP contribution in [-0.4, -0.2) is 56.7 Å². The summed E-state index contributed by atoms with van der Waals surface area (Å²) in [5, 5.41) is 5.01. The number of urea groups is 1. The van der Waals surface area contributed by atoms with E-state index in [-0.39, 0.29) is 12.5 Å². The zero-order valence-corrected chi connectivity index (χ0v) is 15.4. The molecule has 0 spiro atoms. The summed E-state index contributed by atoms with van der Waals surface area (Å²) in [6.07, 6.45) is 0. The molecule has 3 rings (SSSR count). The maximum atomic E-state index is 12.1. The quantitative estimate of drug-likeness (QED) is 0.846. The Bertz CT molecular complexity index is 774. The van der Waals surface area contributed by atoms with E-state index in [4.69, 9.17) is 4.74 Å². The van der Waals surface area contributed by atoms with Crippen LogP contribution in [0.1, 0.15) is 0 Å². The highest BCUT2D eigenvalue weighted by Crippen LogP contribution is 2.28. The normalized spacial score (nSPS) is 14.5. The van der Waals surface area contributed by atoms with E-state index in [1.165, 1.54) is 0 Å². The van der Waals surface area contributed by atoms with E-state index < -0.39 is 6.03 Å². The van der Waals surface area contributed by atoms with Crippen molar-refractivity contribution in [1.82, 2.24) is 10.2 Å². The minimum atomic E-state index is -0.515. The van der Waals surface area contributed by atoms with E-state index in [9.17, 15) is 9.59 Å². The summed E-state index contributed by atoms with van der Waals surface area (Å²) in [6.45, 7) is 3.27. The summed E-state index contributed by atoms with van der Waals surface area (Å²) in [6, 6.07) is 16.4. The number of nitrogens with zero attached hydrogens (tertiary/aromatic N) is 2. The standard InChI is InChI=1S/C20H24N4O3/c1-27-18-10-6-5-9-17(18)24-13-11-23(12-14-24)15-19(25)22-20(26)21-16-7-3-2-4-8-16/h2-10H,11-15H2,1H3,(H2,21,22,25,26). The number of benzene rings is 2. The molecular formula is C20H24N4O3. The molecule has 2 aromatic carbocycles. The predicted octanol–water partition coefficient (Wildman–Crippen LogP) is 2.17. The van der Waals surface area contributed by atoms with Gasteiger partial charge in [-0.15, -0.1) is 0 Å². The highest BCUT2D eigenvalue weighted by Gasteiger charge is 2.21. The largest absolute Gasteiger partial charge is 0.495 e. The third-order valence-corrected chi connectivity index (χ3v) is 4.45. The molecule has 0 saturated carbocycles. The second-order valence-electron chi connectivity index (χ2n) is 6.30. The summed E-state index contributed by atoms with van der Waals surface area (Å²) in [5.74, 6) is 0.537. The maximum absolute atomic E-state index is 12.1. The number of nitrogens with one attached hydrogen (secondary N) is 2. The van der Waals surface area contributed by atoms with Crippen LogP contribution in [-0.2, 0) is 4.79 Å². The van der Waals surface area contributed by atoms with Gasteiger partial charge in [0.15, 0.2) is 0 Å². The SMILES string of the molecule is COc1ccccc1N1CCN(CC(=O)NC(=O)Nc2ccccc2)CC1. The molecular weight excluding hydrogens is 344 g/mol. The molecule has 0 atom stereocenters. The number of imide groups is 1. The zero-order valence-electron chi connectivity index (χ0n) is 15.4. The number of anilines is 2. The number of amides is 3. The second kappa shape index (κ2) is 9.05. The van der Waals surface area contributed by atoms with Gasteiger partial charge in [-0.2, -0.15) is 0 Å². The van der Waals surface area contributed by atoms with Crippen molar-refractivity contribution in [3.8, 4) is 5.75 Å². The first-order valence-electron chi connectivity index (χ1n) is 8.92. The van der Waals surface area contributed by atoms with Crippen molar-refractivity contribution in [3.63, 3.8) is 0 Å². The van der Waals surface area contributed by atoms with Crippen LogP contribution in [0.3, 0.4) is 0 Å². The number of piperazine rings is 1. The highest BCUT2D eigenvalue weighted by molar-refractivity contribution is 6.01. The molecule has 0 radical (unpaired) electrons. The average Bonchev–Trinajstić information content (AvgIpc) is 2.69. The van der Waals surface area contributed by atoms with Crippen molar-refractivity contribution in [1.29, 1.82) is 0 Å². The molecule has 0 aromatic heterocycles. The molecule has 142 valence electrons. The fourth-order valence-corrected chi connectivity index (χ4v) is 3.09. The Morgan fingerprint density at radius 1 is 0.963 bits per heavy atom. The van der Waals surface area contributed by atoms with Crippen molar-refractivity contribution in [2.45, 2.75) is 0 Å². The second-order valence-corrected chi connectivity index (χ2v) is 6.30. The molecule has 0 bridgehead atoms. The lowest BCUT2D eigenvalue weighted by Crippen LogP contribution is -2.50. The lowest BCUT2D eigenvalue weighted by atomic mass is 10.2. The van der Waals surface area contributed by atoms with Gasteiger partial charge in [-0.3, -0.25) is 15.0 Å². The van der Waals surface area contributed by atoms with Gasteiger partial charge in [-0.25, -0.2) is 4.79 Å². The number of ether oxygens (including phenoxy) is 1. The van der Waals surface area contributed by atoms with Crippen molar-refractivity contribution in [3.05, 3.63) is 54.6 Å². The van der Waals surface area contributed by atoms with Crippen LogP contribution in [0.4, 0.5) is 16.2 Å². The number of rotatable bonds is 5. The Labute approximate surface area is 158 Å². The van der Waals surface area contributed by atoms with Gasteiger partial charge < -0.3 is 15.0 Å². The summed E-state index contributed by atoms with van der Waals surface area (Å²) < 4.78 is 5.42. The molecule has 2 N–H and O–H groups in total. The summed E-state index contributed by atoms with van der Waals surface area (Å²) in [4.78, 5) is 28.3. The van der Waals surface area contributed by atoms with Gasteiger partial charge in [0.2, 0.25) is 5.91 Å². The van der Waals surface area contributed by atoms with Crippen molar-refractivity contribution in [2.75, 3.05) is 50.1 Å². The summed E-state index contributed by atoms with van der Waals surface area (Å²) in [5.41, 5.74) is 1.71. The van der Waals surface area contributed by atoms with E-state index in [1.807, 2.05) is 47.4 Å². The van der Waals surface area contributed by atoms with Crippen LogP contribution in [0.5, 0.6) is 5.75 Å². The molecule has 2 aromatic rings. The van der Waals surface area contributed by atoms with Gasteiger partial charge >= 0.3 is 6.03 Å². The molecule has 1 aliphatic heterocycles. The monoisotopic (exact) mass is 368 g/mol. The minimum absolute atomic E-state index is 0.196. The zero-order chi connectivity index (χ0) is 19.1. The van der Waals surface area contributed by atoms with Crippen LogP contribution in [0.25, 0.3) is 0 Å². The van der Waals surface area contributed by atoms with Gasteiger partial charge in [0, 0.05) is 31.9 Å². The number of carbonyl (C=O) groups is 2. The number of hydrogen-bond acceptors (Lipinski definition) is 5. The number of para-hydroxylation sites is 3. The lowest BCUT2D eigenvalue weighted by Gasteiger charge is -2.36. The van der Waals surface area contributed by atoms with Gasteiger partial charge in [-0.05, 0) is 24.3 Å². The van der Waals surface area contributed by atoms with E-state index in [2.05, 4.69) is 15.5 Å². The number of hydrogen-bond donors (Lipinski definition) is 2. The first-order chi connectivity index (χ1) is 13.2. The van der Waals surface area contributed by atoms with Gasteiger partial charge in [0.1, 0.15) is 5.75 Å². The van der Waals surface area contributed by atoms with Crippen molar-refractivity contribution < 1.29 is 14.3 Å². The smallest absolute Gasteiger partial charge is 0.325 e. The van der Waals surface area contributed by atoms with Crippen molar-refractivity contribution >= 4 is 23.3 Å². The Morgan fingerprint density at radius 2 is 1.63 bits per heavy atom. The summed E-state index contributed by atoms with van der Waals surface area (Å²) in [7, 11) is 1.67. The van der Waals surface area contributed by atoms with Gasteiger partial charge in [-0.1, -0.05) is 30.3 Å². The topological polar surface area (TPSA) is 73.9 Å². The molecule has 7 heteroatoms. The molecule has 1 saturated heterocycles. The molecule has 1 heterocycles. The molecule has 27 heavy (non-hydrogen) atoms. The molecule has 0 aliphatic carbocycles. The third kappa shape index (κ3) is 5.21. The highest BCUT2D eigenvalue weighted by atomic mass is 16.5. The van der Waals surface area contributed by atoms with Crippen LogP contribution < -0.4 is 20.3 Å². The molecule has 1 fully saturated rings. The molecule has 0 unspecified atom stereocenters. The van der Waals surface area contributed by atoms with Gasteiger partial charge in [0.05, 0.1) is 19.3 Å². The first-order valence-corrected chi connectivity index (χ1v) is 8.92. The maximum Gasteiger partial charge on any atom is 0.325 e. The molecule has 7 nitrogen and oxygen atoms in total. The van der Waals surface area contributed by atoms with E-state index in [0.29, 0.717) is 5.69 Å². The predicted molar refractivity (Wildman–Crippen MR) is 105 cm³/mol. The van der Waals surface area contributed by atoms with Crippen LogP contribution in [0, 0.1) is 0 Å². The van der Waals surface area contributed by atoms with Gasteiger partial charge in [0.25, 0.3) is 0 Å². The first kappa shape index (κ1) is 18.7. The van der Waals surface area contributed by atoms with E-state index >= 15 is 0 Å². The Balaban J connectivity index is 1.45. The number of methoxy groups -OCH3 is 1. The number of carbonyl (C=O) groups excluding carboxylic acids is 2. The Kier molecular flexibility index (Phi) is 6.27. The van der Waals surface area contributed by atoms with Crippen molar-refractivity contribution in [2.24, 2.45) is 0 Å². The van der Waals surface area contributed by atoms with E-state index in [0.717, 1.165) is 37.6 Å². The molecule has 3 amide bonds. The Morgan fingerprint density at radius 3 is 2.33 bits per heavy atom. The summed E-state index contributed by atoms with van der Waals surface area (Å²) >= 11 is 0. The Hall–Kier alpha value is -3.06. The van der Waals surface area contributed by atoms with Crippen LogP contribution >= 0.6 is 0 Å². The lowest BCUT2D eigenvalue weighted by molar-refractivity contribution is -0.121. The minimum Gasteiger partial charge on any atom is -0.495 e. The van der Waals surface area contributed by atoms with E-state index in [1.54, 1.807) is 19.2 Å². The fraction of sp³-hybridized carbons (Fsp3) is 0.300.